The standard InChI is InChI=1S/C18H23N5O/c1-14-4-5-16-13-23(18(24)21(2)3)11-10-22(17(16)20-14)12-15-6-8-19-9-7-15/h4-9H,10-13H2,1-3H3. The summed E-state index contributed by atoms with van der Waals surface area (Å²) < 4.78 is 0. The number of aryl methyl sites for hydroxylation is 1. The van der Waals surface area contributed by atoms with Crippen LogP contribution in [0, 0.1) is 6.92 Å². The van der Waals surface area contributed by atoms with Crippen LogP contribution in [0.3, 0.4) is 0 Å². The number of hydrogen-bond donors (Lipinski definition) is 0. The van der Waals surface area contributed by atoms with Gasteiger partial charge >= 0.3 is 6.03 Å². The van der Waals surface area contributed by atoms with Crippen LogP contribution in [0.4, 0.5) is 10.6 Å². The van der Waals surface area contributed by atoms with Crippen molar-refractivity contribution in [2.24, 2.45) is 0 Å². The van der Waals surface area contributed by atoms with Gasteiger partial charge in [0.1, 0.15) is 5.82 Å². The molecule has 0 bridgehead atoms. The Hall–Kier alpha value is -2.63. The number of fused-ring (bicyclic) bond motifs is 1. The number of amides is 2. The Morgan fingerprint density at radius 2 is 1.92 bits per heavy atom. The highest BCUT2D eigenvalue weighted by molar-refractivity contribution is 5.74. The maximum absolute atomic E-state index is 12.4. The lowest BCUT2D eigenvalue weighted by molar-refractivity contribution is 0.170. The van der Waals surface area contributed by atoms with Gasteiger partial charge in [-0.2, -0.15) is 0 Å². The Balaban J connectivity index is 1.91. The summed E-state index contributed by atoms with van der Waals surface area (Å²) in [5, 5.41) is 0. The van der Waals surface area contributed by atoms with Gasteiger partial charge in [-0.1, -0.05) is 6.07 Å². The first-order valence-electron chi connectivity index (χ1n) is 8.11. The minimum Gasteiger partial charge on any atom is -0.350 e. The van der Waals surface area contributed by atoms with E-state index in [4.69, 9.17) is 4.98 Å². The van der Waals surface area contributed by atoms with Crippen molar-refractivity contribution >= 4 is 11.8 Å². The first kappa shape index (κ1) is 16.2. The van der Waals surface area contributed by atoms with Crippen molar-refractivity contribution < 1.29 is 4.79 Å². The Morgan fingerprint density at radius 1 is 1.17 bits per heavy atom. The summed E-state index contributed by atoms with van der Waals surface area (Å²) in [6.45, 7) is 4.78. The number of urea groups is 1. The van der Waals surface area contributed by atoms with Crippen molar-refractivity contribution in [3.8, 4) is 0 Å². The molecule has 0 aliphatic carbocycles. The smallest absolute Gasteiger partial charge is 0.319 e. The van der Waals surface area contributed by atoms with Crippen LogP contribution in [-0.4, -0.2) is 53.0 Å². The highest BCUT2D eigenvalue weighted by atomic mass is 16.2. The van der Waals surface area contributed by atoms with Gasteiger partial charge < -0.3 is 14.7 Å². The minimum atomic E-state index is 0.0345. The molecule has 6 heteroatoms. The lowest BCUT2D eigenvalue weighted by Gasteiger charge is -2.25. The third-order valence-corrected chi connectivity index (χ3v) is 4.17. The van der Waals surface area contributed by atoms with Gasteiger partial charge in [0.2, 0.25) is 0 Å². The molecule has 2 aromatic heterocycles. The van der Waals surface area contributed by atoms with Crippen molar-refractivity contribution in [1.29, 1.82) is 0 Å². The zero-order chi connectivity index (χ0) is 17.1. The van der Waals surface area contributed by atoms with Crippen molar-refractivity contribution in [2.45, 2.75) is 20.0 Å². The van der Waals surface area contributed by atoms with Crippen LogP contribution in [0.2, 0.25) is 0 Å². The van der Waals surface area contributed by atoms with Crippen molar-refractivity contribution in [3.63, 3.8) is 0 Å². The molecule has 3 rings (SSSR count). The average Bonchev–Trinajstić information content (AvgIpc) is 2.75. The van der Waals surface area contributed by atoms with Crippen LogP contribution in [-0.2, 0) is 13.1 Å². The second-order valence-corrected chi connectivity index (χ2v) is 6.31. The maximum atomic E-state index is 12.4. The van der Waals surface area contributed by atoms with E-state index in [1.807, 2.05) is 30.0 Å². The molecule has 1 aliphatic heterocycles. The van der Waals surface area contributed by atoms with E-state index in [-0.39, 0.29) is 6.03 Å². The molecule has 3 heterocycles. The molecule has 126 valence electrons. The van der Waals surface area contributed by atoms with Gasteiger partial charge in [0.05, 0.1) is 6.54 Å². The van der Waals surface area contributed by atoms with Crippen molar-refractivity contribution in [3.05, 3.63) is 53.5 Å². The maximum Gasteiger partial charge on any atom is 0.319 e. The zero-order valence-corrected chi connectivity index (χ0v) is 14.4. The van der Waals surface area contributed by atoms with Gasteiger partial charge in [-0.15, -0.1) is 0 Å². The van der Waals surface area contributed by atoms with E-state index in [1.165, 1.54) is 5.56 Å². The molecule has 1 aliphatic rings. The number of anilines is 1. The number of nitrogens with zero attached hydrogens (tertiary/aromatic N) is 5. The Morgan fingerprint density at radius 3 is 2.62 bits per heavy atom. The molecule has 0 spiro atoms. The van der Waals surface area contributed by atoms with E-state index in [2.05, 4.69) is 16.0 Å². The summed E-state index contributed by atoms with van der Waals surface area (Å²) in [6.07, 6.45) is 3.61. The van der Waals surface area contributed by atoms with E-state index >= 15 is 0 Å². The van der Waals surface area contributed by atoms with E-state index in [0.717, 1.165) is 30.2 Å². The molecule has 6 nitrogen and oxygen atoms in total. The van der Waals surface area contributed by atoms with Crippen LogP contribution < -0.4 is 4.90 Å². The molecule has 0 fully saturated rings. The van der Waals surface area contributed by atoms with Crippen LogP contribution in [0.1, 0.15) is 16.8 Å². The number of rotatable bonds is 2. The van der Waals surface area contributed by atoms with Crippen LogP contribution >= 0.6 is 0 Å². The molecular formula is C18H23N5O. The third kappa shape index (κ3) is 3.48. The monoisotopic (exact) mass is 325 g/mol. The molecule has 0 unspecified atom stereocenters. The summed E-state index contributed by atoms with van der Waals surface area (Å²) in [5.74, 6) is 0.973. The van der Waals surface area contributed by atoms with Gasteiger partial charge in [0, 0.05) is 57.4 Å². The second-order valence-electron chi connectivity index (χ2n) is 6.31. The third-order valence-electron chi connectivity index (χ3n) is 4.17. The van der Waals surface area contributed by atoms with Gasteiger partial charge in [-0.05, 0) is 30.7 Å². The number of aromatic nitrogens is 2. The van der Waals surface area contributed by atoms with Gasteiger partial charge in [-0.3, -0.25) is 4.98 Å². The summed E-state index contributed by atoms with van der Waals surface area (Å²) in [4.78, 5) is 27.0. The van der Waals surface area contributed by atoms with Crippen LogP contribution in [0.15, 0.2) is 36.7 Å². The molecule has 2 amide bonds. The molecule has 24 heavy (non-hydrogen) atoms. The molecule has 0 saturated heterocycles. The minimum absolute atomic E-state index is 0.0345. The molecular weight excluding hydrogens is 302 g/mol. The van der Waals surface area contributed by atoms with Gasteiger partial charge in [-0.25, -0.2) is 9.78 Å². The second kappa shape index (κ2) is 6.86. The Bertz CT molecular complexity index is 717. The van der Waals surface area contributed by atoms with E-state index in [1.54, 1.807) is 31.4 Å². The molecule has 2 aromatic rings. The summed E-state index contributed by atoms with van der Waals surface area (Å²) in [6, 6.07) is 8.16. The molecule has 0 aromatic carbocycles. The number of hydrogen-bond acceptors (Lipinski definition) is 4. The lowest BCUT2D eigenvalue weighted by atomic mass is 10.2. The highest BCUT2D eigenvalue weighted by Gasteiger charge is 2.25. The van der Waals surface area contributed by atoms with E-state index in [0.29, 0.717) is 13.1 Å². The van der Waals surface area contributed by atoms with Crippen LogP contribution in [0.5, 0.6) is 0 Å². The SMILES string of the molecule is Cc1ccc2c(n1)N(Cc1ccncc1)CCN(C(=O)N(C)C)C2. The molecule has 0 N–H and O–H groups in total. The fraction of sp³-hybridized carbons (Fsp3) is 0.389. The van der Waals surface area contributed by atoms with E-state index < -0.39 is 0 Å². The predicted molar refractivity (Wildman–Crippen MR) is 93.8 cm³/mol. The van der Waals surface area contributed by atoms with Gasteiger partial charge in [0.15, 0.2) is 0 Å². The normalized spacial score (nSPS) is 14.1. The van der Waals surface area contributed by atoms with Crippen LogP contribution in [0.25, 0.3) is 0 Å². The topological polar surface area (TPSA) is 52.6 Å². The first-order chi connectivity index (χ1) is 11.5. The fourth-order valence-corrected chi connectivity index (χ4v) is 2.91. The molecule has 0 atom stereocenters. The fourth-order valence-electron chi connectivity index (χ4n) is 2.91. The Labute approximate surface area is 142 Å². The molecule has 0 saturated carbocycles. The number of carbonyl (C=O) groups excluding carboxylic acids is 1. The van der Waals surface area contributed by atoms with Crippen molar-refractivity contribution in [1.82, 2.24) is 19.8 Å². The summed E-state index contributed by atoms with van der Waals surface area (Å²) in [7, 11) is 3.58. The van der Waals surface area contributed by atoms with Crippen molar-refractivity contribution in [2.75, 3.05) is 32.1 Å². The Kier molecular flexibility index (Phi) is 4.64. The predicted octanol–water partition coefficient (Wildman–Crippen LogP) is 2.29. The number of carbonyl (C=O) groups is 1. The summed E-state index contributed by atoms with van der Waals surface area (Å²) in [5.41, 5.74) is 3.26. The number of pyridine rings is 2. The lowest BCUT2D eigenvalue weighted by Crippen LogP contribution is -2.41. The molecule has 0 radical (unpaired) electrons. The highest BCUT2D eigenvalue weighted by Crippen LogP contribution is 2.25. The first-order valence-corrected chi connectivity index (χ1v) is 8.11. The largest absolute Gasteiger partial charge is 0.350 e. The quantitative estimate of drug-likeness (QED) is 0.850. The average molecular weight is 325 g/mol. The summed E-state index contributed by atoms with van der Waals surface area (Å²) >= 11 is 0. The zero-order valence-electron chi connectivity index (χ0n) is 14.4. The van der Waals surface area contributed by atoms with Gasteiger partial charge in [0.25, 0.3) is 0 Å². The van der Waals surface area contributed by atoms with E-state index in [9.17, 15) is 4.79 Å².